The molecule has 2 aliphatic rings. The van der Waals surface area contributed by atoms with Gasteiger partial charge in [-0.25, -0.2) is 9.59 Å². The largest absolute Gasteiger partial charge is 0.493 e. The number of nitrogens with zero attached hydrogens (tertiary/aromatic N) is 1. The van der Waals surface area contributed by atoms with E-state index < -0.39 is 5.60 Å². The number of hydrogen-bond donors (Lipinski definition) is 3. The fourth-order valence-electron chi connectivity index (χ4n) is 3.28. The van der Waals surface area contributed by atoms with Crippen LogP contribution in [-0.2, 0) is 11.2 Å². The first-order chi connectivity index (χ1) is 12.7. The lowest BCUT2D eigenvalue weighted by molar-refractivity contribution is 0.0178. The van der Waals surface area contributed by atoms with E-state index >= 15 is 0 Å². The summed E-state index contributed by atoms with van der Waals surface area (Å²) in [5.74, 6) is 0.804. The maximum absolute atomic E-state index is 12.5. The third-order valence-electron chi connectivity index (χ3n) is 4.63. The Kier molecular flexibility index (Phi) is 5.46. The smallest absolute Gasteiger partial charge is 0.410 e. The molecule has 0 aliphatic carbocycles. The van der Waals surface area contributed by atoms with Crippen LogP contribution in [-0.4, -0.2) is 54.4 Å². The van der Waals surface area contributed by atoms with Crippen molar-refractivity contribution in [2.75, 3.05) is 25.0 Å². The Morgan fingerprint density at radius 3 is 2.85 bits per heavy atom. The number of hydrogen-bond acceptors (Lipinski definition) is 5. The molecule has 27 heavy (non-hydrogen) atoms. The first kappa shape index (κ1) is 19.3. The Labute approximate surface area is 159 Å². The second-order valence-corrected chi connectivity index (χ2v) is 7.96. The minimum Gasteiger partial charge on any atom is -0.493 e. The van der Waals surface area contributed by atoms with Crippen molar-refractivity contribution in [3.05, 3.63) is 23.8 Å². The zero-order valence-corrected chi connectivity index (χ0v) is 16.1. The molecular weight excluding hydrogens is 348 g/mol. The molecule has 1 aromatic carbocycles. The maximum atomic E-state index is 12.5. The maximum Gasteiger partial charge on any atom is 0.410 e. The average molecular weight is 376 g/mol. The van der Waals surface area contributed by atoms with Crippen molar-refractivity contribution in [2.45, 2.75) is 51.3 Å². The molecule has 148 valence electrons. The van der Waals surface area contributed by atoms with Crippen LogP contribution in [0.3, 0.4) is 0 Å². The first-order valence-corrected chi connectivity index (χ1v) is 9.28. The lowest BCUT2D eigenvalue weighted by Gasteiger charge is -2.37. The van der Waals surface area contributed by atoms with Gasteiger partial charge in [-0.1, -0.05) is 6.07 Å². The molecule has 0 bridgehead atoms. The molecule has 0 radical (unpaired) electrons. The van der Waals surface area contributed by atoms with E-state index in [2.05, 4.69) is 10.6 Å². The lowest BCUT2D eigenvalue weighted by Crippen LogP contribution is -2.60. The van der Waals surface area contributed by atoms with E-state index in [0.29, 0.717) is 26.1 Å². The van der Waals surface area contributed by atoms with Gasteiger partial charge < -0.3 is 30.7 Å². The Balaban J connectivity index is 1.59. The van der Waals surface area contributed by atoms with Crippen molar-refractivity contribution < 1.29 is 19.1 Å². The molecule has 4 N–H and O–H groups in total. The van der Waals surface area contributed by atoms with Crippen LogP contribution in [0.5, 0.6) is 5.75 Å². The number of carbonyl (C=O) groups excluding carboxylic acids is 2. The number of likely N-dealkylation sites (tertiary alicyclic amines) is 1. The van der Waals surface area contributed by atoms with Crippen molar-refractivity contribution in [2.24, 2.45) is 5.73 Å². The summed E-state index contributed by atoms with van der Waals surface area (Å²) in [5, 5.41) is 5.76. The van der Waals surface area contributed by atoms with Crippen LogP contribution in [0.25, 0.3) is 0 Å². The second kappa shape index (κ2) is 7.64. The quantitative estimate of drug-likeness (QED) is 0.733. The van der Waals surface area contributed by atoms with Crippen LogP contribution in [0, 0.1) is 0 Å². The summed E-state index contributed by atoms with van der Waals surface area (Å²) in [6, 6.07) is 4.67. The Bertz CT molecular complexity index is 716. The van der Waals surface area contributed by atoms with Crippen molar-refractivity contribution >= 4 is 17.8 Å². The minimum absolute atomic E-state index is 0.223. The van der Waals surface area contributed by atoms with Gasteiger partial charge in [-0.05, 0) is 39.3 Å². The number of benzene rings is 1. The Morgan fingerprint density at radius 1 is 1.33 bits per heavy atom. The van der Waals surface area contributed by atoms with Crippen LogP contribution in [0.15, 0.2) is 18.2 Å². The molecule has 0 spiro atoms. The zero-order valence-electron chi connectivity index (χ0n) is 16.1. The van der Waals surface area contributed by atoms with Crippen molar-refractivity contribution in [1.82, 2.24) is 10.2 Å². The van der Waals surface area contributed by atoms with Gasteiger partial charge in [0.2, 0.25) is 0 Å². The standard InChI is InChI=1S/C19H28N4O4/c1-19(2,3)27-18(25)23-9-7-13(20)15(11-23)22-17(24)21-14-5-4-6-16-12(14)8-10-26-16/h4-6,13,15H,7-11,20H2,1-3H3,(H2,21,22,24). The normalized spacial score (nSPS) is 21.9. The predicted molar refractivity (Wildman–Crippen MR) is 102 cm³/mol. The van der Waals surface area contributed by atoms with Gasteiger partial charge in [0.1, 0.15) is 11.4 Å². The van der Waals surface area contributed by atoms with Gasteiger partial charge in [0, 0.05) is 36.8 Å². The molecule has 1 saturated heterocycles. The lowest BCUT2D eigenvalue weighted by atomic mass is 10.0. The summed E-state index contributed by atoms with van der Waals surface area (Å²) in [5.41, 5.74) is 7.32. The molecule has 2 atom stereocenters. The van der Waals surface area contributed by atoms with Crippen molar-refractivity contribution in [3.8, 4) is 5.75 Å². The Morgan fingerprint density at radius 2 is 2.11 bits per heavy atom. The summed E-state index contributed by atoms with van der Waals surface area (Å²) in [6.45, 7) is 6.93. The van der Waals surface area contributed by atoms with E-state index in [9.17, 15) is 9.59 Å². The summed E-state index contributed by atoms with van der Waals surface area (Å²) < 4.78 is 10.9. The van der Waals surface area contributed by atoms with Crippen LogP contribution in [0.1, 0.15) is 32.8 Å². The van der Waals surface area contributed by atoms with E-state index in [0.717, 1.165) is 23.4 Å². The summed E-state index contributed by atoms with van der Waals surface area (Å²) >= 11 is 0. The van der Waals surface area contributed by atoms with Gasteiger partial charge in [0.05, 0.1) is 12.6 Å². The van der Waals surface area contributed by atoms with E-state index in [-0.39, 0.29) is 24.2 Å². The highest BCUT2D eigenvalue weighted by atomic mass is 16.6. The zero-order chi connectivity index (χ0) is 19.6. The average Bonchev–Trinajstić information content (AvgIpc) is 3.05. The molecule has 2 unspecified atom stereocenters. The number of ether oxygens (including phenoxy) is 2. The highest BCUT2D eigenvalue weighted by Gasteiger charge is 2.32. The van der Waals surface area contributed by atoms with Gasteiger partial charge >= 0.3 is 12.1 Å². The predicted octanol–water partition coefficient (Wildman–Crippen LogP) is 2.08. The third-order valence-corrected chi connectivity index (χ3v) is 4.63. The van der Waals surface area contributed by atoms with Crippen LogP contribution in [0.4, 0.5) is 15.3 Å². The summed E-state index contributed by atoms with van der Waals surface area (Å²) in [6.07, 6.45) is 0.972. The number of amides is 3. The van der Waals surface area contributed by atoms with Crippen LogP contribution >= 0.6 is 0 Å². The number of nitrogens with two attached hydrogens (primary N) is 1. The highest BCUT2D eigenvalue weighted by molar-refractivity contribution is 5.91. The molecule has 1 fully saturated rings. The van der Waals surface area contributed by atoms with Crippen LogP contribution < -0.4 is 21.1 Å². The molecule has 8 nitrogen and oxygen atoms in total. The highest BCUT2D eigenvalue weighted by Crippen LogP contribution is 2.31. The Hall–Kier alpha value is -2.48. The molecule has 3 rings (SSSR count). The fraction of sp³-hybridized carbons (Fsp3) is 0.579. The number of fused-ring (bicyclic) bond motifs is 1. The molecule has 8 heteroatoms. The van der Waals surface area contributed by atoms with E-state index in [1.54, 1.807) is 4.90 Å². The van der Waals surface area contributed by atoms with Gasteiger partial charge in [-0.3, -0.25) is 0 Å². The number of rotatable bonds is 2. The summed E-state index contributed by atoms with van der Waals surface area (Å²) in [7, 11) is 0. The monoisotopic (exact) mass is 376 g/mol. The minimum atomic E-state index is -0.563. The third kappa shape index (κ3) is 4.82. The number of nitrogens with one attached hydrogen (secondary N) is 2. The van der Waals surface area contributed by atoms with Crippen molar-refractivity contribution in [3.63, 3.8) is 0 Å². The first-order valence-electron chi connectivity index (χ1n) is 9.28. The number of piperidine rings is 1. The second-order valence-electron chi connectivity index (χ2n) is 7.96. The van der Waals surface area contributed by atoms with Crippen LogP contribution in [0.2, 0.25) is 0 Å². The molecule has 2 heterocycles. The molecule has 0 saturated carbocycles. The number of carbonyl (C=O) groups is 2. The van der Waals surface area contributed by atoms with Gasteiger partial charge in [0.15, 0.2) is 0 Å². The van der Waals surface area contributed by atoms with Gasteiger partial charge in [-0.15, -0.1) is 0 Å². The van der Waals surface area contributed by atoms with E-state index in [4.69, 9.17) is 15.2 Å². The van der Waals surface area contributed by atoms with E-state index in [1.165, 1.54) is 0 Å². The number of urea groups is 1. The van der Waals surface area contributed by atoms with Gasteiger partial charge in [-0.2, -0.15) is 0 Å². The summed E-state index contributed by atoms with van der Waals surface area (Å²) in [4.78, 5) is 26.4. The number of anilines is 1. The molecule has 3 amide bonds. The van der Waals surface area contributed by atoms with Gasteiger partial charge in [0.25, 0.3) is 0 Å². The topological polar surface area (TPSA) is 106 Å². The molecule has 1 aromatic rings. The van der Waals surface area contributed by atoms with E-state index in [1.807, 2.05) is 39.0 Å². The molecule has 0 aromatic heterocycles. The van der Waals surface area contributed by atoms with Crippen molar-refractivity contribution in [1.29, 1.82) is 0 Å². The fourth-order valence-corrected chi connectivity index (χ4v) is 3.28. The SMILES string of the molecule is CC(C)(C)OC(=O)N1CCC(N)C(NC(=O)Nc2cccc3c2CCO3)C1. The molecular formula is C19H28N4O4. The molecule has 2 aliphatic heterocycles.